The number of fused-ring (bicyclic) bond motifs is 1. The van der Waals surface area contributed by atoms with Crippen LogP contribution in [-0.4, -0.2) is 12.6 Å². The summed E-state index contributed by atoms with van der Waals surface area (Å²) in [6.45, 7) is 19.0. The van der Waals surface area contributed by atoms with E-state index >= 15 is 0 Å². The van der Waals surface area contributed by atoms with E-state index in [1.165, 1.54) is 22.3 Å². The number of hydrogen-bond acceptors (Lipinski definition) is 2. The fourth-order valence-corrected chi connectivity index (χ4v) is 4.01. The normalized spacial score (nSPS) is 16.9. The van der Waals surface area contributed by atoms with Crippen molar-refractivity contribution in [3.63, 3.8) is 0 Å². The standard InChI is InChI=1S/C26H31N3/c1-17-14-22-23(26(5,6)13-12-25(22,3)4)16-21(17)18(2)20-10-8-19(9-11-20)15-24(27)29-28-7/h8-14,16H,2,7,15H2,1,3-6H3,(H2,27,29). The molecule has 0 aliphatic heterocycles. The molecule has 2 aromatic rings. The van der Waals surface area contributed by atoms with Crippen LogP contribution < -0.4 is 5.73 Å². The SMILES string of the molecule is C=N/N=C(\N)Cc1ccc(C(=C)c2cc3c(cc2C)C(C)(C)C=CC3(C)C)cc1. The van der Waals surface area contributed by atoms with Gasteiger partial charge in [-0.15, -0.1) is 5.10 Å². The molecule has 2 aromatic carbocycles. The van der Waals surface area contributed by atoms with Crippen LogP contribution in [0.3, 0.4) is 0 Å². The van der Waals surface area contributed by atoms with E-state index in [0.717, 1.165) is 16.7 Å². The first-order chi connectivity index (χ1) is 13.5. The lowest BCUT2D eigenvalue weighted by molar-refractivity contribution is 0.562. The van der Waals surface area contributed by atoms with Gasteiger partial charge in [0.2, 0.25) is 0 Å². The van der Waals surface area contributed by atoms with E-state index in [4.69, 9.17) is 5.73 Å². The highest BCUT2D eigenvalue weighted by atomic mass is 15.2. The van der Waals surface area contributed by atoms with Gasteiger partial charge in [-0.3, -0.25) is 0 Å². The molecule has 0 aromatic heterocycles. The summed E-state index contributed by atoms with van der Waals surface area (Å²) < 4.78 is 0. The molecule has 3 heteroatoms. The van der Waals surface area contributed by atoms with Gasteiger partial charge < -0.3 is 5.73 Å². The predicted molar refractivity (Wildman–Crippen MR) is 126 cm³/mol. The summed E-state index contributed by atoms with van der Waals surface area (Å²) in [6.07, 6.45) is 5.22. The molecule has 3 rings (SSSR count). The Morgan fingerprint density at radius 2 is 1.52 bits per heavy atom. The van der Waals surface area contributed by atoms with Gasteiger partial charge in [-0.1, -0.05) is 76.8 Å². The van der Waals surface area contributed by atoms with Crippen LogP contribution in [-0.2, 0) is 17.3 Å². The van der Waals surface area contributed by atoms with Crippen LogP contribution in [0, 0.1) is 6.92 Å². The summed E-state index contributed by atoms with van der Waals surface area (Å²) in [6, 6.07) is 13.0. The lowest BCUT2D eigenvalue weighted by Gasteiger charge is -2.37. The minimum absolute atomic E-state index is 0.00743. The molecule has 1 aliphatic rings. The first-order valence-electron chi connectivity index (χ1n) is 9.98. The number of aryl methyl sites for hydroxylation is 1. The number of allylic oxidation sites excluding steroid dienone is 2. The summed E-state index contributed by atoms with van der Waals surface area (Å²) in [5, 5.41) is 7.27. The van der Waals surface area contributed by atoms with Crippen molar-refractivity contribution in [1.82, 2.24) is 0 Å². The quantitative estimate of drug-likeness (QED) is 0.305. The van der Waals surface area contributed by atoms with Crippen molar-refractivity contribution in [3.8, 4) is 0 Å². The van der Waals surface area contributed by atoms with Gasteiger partial charge in [0.05, 0.1) is 0 Å². The second kappa shape index (κ2) is 7.47. The number of amidine groups is 1. The Morgan fingerprint density at radius 3 is 2.07 bits per heavy atom. The fraction of sp³-hybridized carbons (Fsp3) is 0.308. The molecular formula is C26H31N3. The summed E-state index contributed by atoms with van der Waals surface area (Å²) in [7, 11) is 0. The third kappa shape index (κ3) is 4.09. The van der Waals surface area contributed by atoms with Crippen LogP contribution in [0.25, 0.3) is 5.57 Å². The average Bonchev–Trinajstić information content (AvgIpc) is 2.65. The van der Waals surface area contributed by atoms with Gasteiger partial charge in [0, 0.05) is 24.0 Å². The highest BCUT2D eigenvalue weighted by molar-refractivity contribution is 5.84. The lowest BCUT2D eigenvalue weighted by atomic mass is 9.67. The number of nitrogens with zero attached hydrogens (tertiary/aromatic N) is 2. The van der Waals surface area contributed by atoms with Crippen molar-refractivity contribution in [1.29, 1.82) is 0 Å². The zero-order chi connectivity index (χ0) is 21.4. The van der Waals surface area contributed by atoms with Gasteiger partial charge in [0.1, 0.15) is 5.84 Å². The highest BCUT2D eigenvalue weighted by Crippen LogP contribution is 2.43. The minimum atomic E-state index is 0.00743. The lowest BCUT2D eigenvalue weighted by Crippen LogP contribution is -2.29. The van der Waals surface area contributed by atoms with E-state index in [0.29, 0.717) is 12.3 Å². The van der Waals surface area contributed by atoms with Crippen molar-refractivity contribution in [2.24, 2.45) is 15.9 Å². The smallest absolute Gasteiger partial charge is 0.126 e. The van der Waals surface area contributed by atoms with Gasteiger partial charge in [0.25, 0.3) is 0 Å². The van der Waals surface area contributed by atoms with E-state index in [2.05, 4.69) is 107 Å². The summed E-state index contributed by atoms with van der Waals surface area (Å²) >= 11 is 0. The number of hydrogen-bond donors (Lipinski definition) is 1. The van der Waals surface area contributed by atoms with Crippen molar-refractivity contribution in [2.45, 2.75) is 51.9 Å². The molecule has 0 fully saturated rings. The Kier molecular flexibility index (Phi) is 5.36. The Labute approximate surface area is 174 Å². The zero-order valence-electron chi connectivity index (χ0n) is 18.2. The Morgan fingerprint density at radius 1 is 0.966 bits per heavy atom. The van der Waals surface area contributed by atoms with Crippen LogP contribution in [0.5, 0.6) is 0 Å². The molecule has 0 radical (unpaired) electrons. The summed E-state index contributed by atoms with van der Waals surface area (Å²) in [5.41, 5.74) is 14.3. The predicted octanol–water partition coefficient (Wildman–Crippen LogP) is 5.70. The summed E-state index contributed by atoms with van der Waals surface area (Å²) in [4.78, 5) is 0. The zero-order valence-corrected chi connectivity index (χ0v) is 18.2. The average molecular weight is 386 g/mol. The first kappa shape index (κ1) is 20.8. The first-order valence-corrected chi connectivity index (χ1v) is 9.98. The van der Waals surface area contributed by atoms with Crippen LogP contribution >= 0.6 is 0 Å². The molecule has 0 spiro atoms. The van der Waals surface area contributed by atoms with E-state index in [9.17, 15) is 0 Å². The maximum atomic E-state index is 5.83. The molecule has 1 aliphatic carbocycles. The maximum absolute atomic E-state index is 5.83. The van der Waals surface area contributed by atoms with Crippen molar-refractivity contribution >= 4 is 18.1 Å². The Balaban J connectivity index is 1.97. The second-order valence-electron chi connectivity index (χ2n) is 9.07. The topological polar surface area (TPSA) is 50.7 Å². The number of rotatable bonds is 5. The van der Waals surface area contributed by atoms with Gasteiger partial charge in [-0.2, -0.15) is 5.10 Å². The molecule has 29 heavy (non-hydrogen) atoms. The van der Waals surface area contributed by atoms with E-state index in [-0.39, 0.29) is 10.8 Å². The minimum Gasteiger partial charge on any atom is -0.385 e. The molecule has 0 heterocycles. The largest absolute Gasteiger partial charge is 0.385 e. The van der Waals surface area contributed by atoms with Gasteiger partial charge in [-0.25, -0.2) is 0 Å². The molecule has 0 saturated heterocycles. The molecule has 2 N–H and O–H groups in total. The van der Waals surface area contributed by atoms with Crippen molar-refractivity contribution < 1.29 is 0 Å². The monoisotopic (exact) mass is 385 g/mol. The van der Waals surface area contributed by atoms with Crippen LogP contribution in [0.4, 0.5) is 0 Å². The van der Waals surface area contributed by atoms with E-state index in [1.807, 2.05) is 0 Å². The second-order valence-corrected chi connectivity index (χ2v) is 9.07. The van der Waals surface area contributed by atoms with Gasteiger partial charge in [-0.05, 0) is 51.9 Å². The number of benzene rings is 2. The van der Waals surface area contributed by atoms with Gasteiger partial charge >= 0.3 is 0 Å². The van der Waals surface area contributed by atoms with E-state index in [1.54, 1.807) is 0 Å². The molecule has 0 saturated carbocycles. The van der Waals surface area contributed by atoms with Gasteiger partial charge in [0.15, 0.2) is 0 Å². The highest BCUT2D eigenvalue weighted by Gasteiger charge is 2.33. The Hall–Kier alpha value is -2.94. The summed E-state index contributed by atoms with van der Waals surface area (Å²) in [5.74, 6) is 0.454. The molecule has 0 atom stereocenters. The molecule has 150 valence electrons. The van der Waals surface area contributed by atoms with Crippen LogP contribution in [0.15, 0.2) is 65.3 Å². The molecule has 0 amide bonds. The number of nitrogens with two attached hydrogens (primary N) is 1. The van der Waals surface area contributed by atoms with Crippen molar-refractivity contribution in [3.05, 3.63) is 88.5 Å². The molecule has 0 bridgehead atoms. The molecule has 3 nitrogen and oxygen atoms in total. The Bertz CT molecular complexity index is 1020. The molecular weight excluding hydrogens is 354 g/mol. The van der Waals surface area contributed by atoms with Crippen LogP contribution in [0.2, 0.25) is 0 Å². The maximum Gasteiger partial charge on any atom is 0.126 e. The van der Waals surface area contributed by atoms with E-state index < -0.39 is 0 Å². The fourth-order valence-electron chi connectivity index (χ4n) is 4.01. The van der Waals surface area contributed by atoms with Crippen molar-refractivity contribution in [2.75, 3.05) is 0 Å². The van der Waals surface area contributed by atoms with Crippen LogP contribution in [0.1, 0.15) is 61.1 Å². The third-order valence-electron chi connectivity index (χ3n) is 5.88. The molecule has 0 unspecified atom stereocenters. The third-order valence-corrected chi connectivity index (χ3v) is 5.88.